The van der Waals surface area contributed by atoms with Gasteiger partial charge in [-0.1, -0.05) is 11.8 Å². The van der Waals surface area contributed by atoms with Gasteiger partial charge in [-0.15, -0.1) is 0 Å². The van der Waals surface area contributed by atoms with Crippen LogP contribution in [0.1, 0.15) is 12.8 Å². The van der Waals surface area contributed by atoms with E-state index in [0.717, 1.165) is 0 Å². The Kier molecular flexibility index (Phi) is 3.64. The standard InChI is InChI=1S/C13H13N3O4S/c17-5-2-7-8-6-9(21-13-14-3-1-4-15-13)10(12(19)20)16(8)11(7)18/h1,3-4,7-8,17H,2,5-6H2,(H,19,20). The number of aliphatic hydroxyl groups excluding tert-OH is 1. The molecule has 0 aromatic carbocycles. The van der Waals surface area contributed by atoms with Gasteiger partial charge in [0.15, 0.2) is 5.16 Å². The Morgan fingerprint density at radius 2 is 2.14 bits per heavy atom. The van der Waals surface area contributed by atoms with Crippen molar-refractivity contribution in [2.24, 2.45) is 5.92 Å². The summed E-state index contributed by atoms with van der Waals surface area (Å²) in [5.41, 5.74) is 0.0247. The smallest absolute Gasteiger partial charge is 0.353 e. The number of carboxylic acids is 1. The van der Waals surface area contributed by atoms with E-state index in [1.54, 1.807) is 18.5 Å². The number of thioether (sulfide) groups is 1. The van der Waals surface area contributed by atoms with E-state index in [-0.39, 0.29) is 30.2 Å². The molecule has 0 radical (unpaired) electrons. The van der Waals surface area contributed by atoms with Crippen molar-refractivity contribution in [3.63, 3.8) is 0 Å². The lowest BCUT2D eigenvalue weighted by Gasteiger charge is -2.43. The zero-order valence-corrected chi connectivity index (χ0v) is 11.8. The molecule has 1 saturated heterocycles. The molecule has 110 valence electrons. The van der Waals surface area contributed by atoms with Crippen LogP contribution in [0, 0.1) is 5.92 Å². The number of nitrogens with zero attached hydrogens (tertiary/aromatic N) is 3. The van der Waals surface area contributed by atoms with Gasteiger partial charge in [-0.05, 0) is 12.5 Å². The number of carbonyl (C=O) groups excluding carboxylic acids is 1. The molecule has 3 heterocycles. The minimum atomic E-state index is -1.12. The number of fused-ring (bicyclic) bond motifs is 1. The van der Waals surface area contributed by atoms with Gasteiger partial charge in [-0.25, -0.2) is 14.8 Å². The van der Waals surface area contributed by atoms with Crippen molar-refractivity contribution >= 4 is 23.6 Å². The second-order valence-corrected chi connectivity index (χ2v) is 5.87. The van der Waals surface area contributed by atoms with Gasteiger partial charge >= 0.3 is 5.97 Å². The van der Waals surface area contributed by atoms with E-state index in [0.29, 0.717) is 22.9 Å². The van der Waals surface area contributed by atoms with Gasteiger partial charge in [-0.3, -0.25) is 4.79 Å². The summed E-state index contributed by atoms with van der Waals surface area (Å²) in [6, 6.07) is 1.51. The Labute approximate surface area is 124 Å². The molecule has 0 spiro atoms. The number of aliphatic carboxylic acids is 1. The van der Waals surface area contributed by atoms with Crippen molar-refractivity contribution in [3.8, 4) is 0 Å². The molecule has 0 saturated carbocycles. The average molecular weight is 307 g/mol. The Morgan fingerprint density at radius 3 is 2.76 bits per heavy atom. The number of aromatic nitrogens is 2. The third-order valence-electron chi connectivity index (χ3n) is 3.65. The van der Waals surface area contributed by atoms with Gasteiger partial charge in [-0.2, -0.15) is 0 Å². The molecule has 2 N–H and O–H groups in total. The molecule has 2 aliphatic heterocycles. The van der Waals surface area contributed by atoms with Crippen LogP contribution in [-0.2, 0) is 9.59 Å². The Hall–Kier alpha value is -1.93. The summed E-state index contributed by atoms with van der Waals surface area (Å²) in [6.07, 6.45) is 4.01. The van der Waals surface area contributed by atoms with Crippen molar-refractivity contribution in [1.29, 1.82) is 0 Å². The predicted molar refractivity (Wildman–Crippen MR) is 73.0 cm³/mol. The summed E-state index contributed by atoms with van der Waals surface area (Å²) in [5.74, 6) is -1.64. The van der Waals surface area contributed by atoms with Gasteiger partial charge in [0.05, 0.1) is 12.0 Å². The number of β-lactam (4-membered cyclic amide) rings is 1. The van der Waals surface area contributed by atoms with Crippen molar-refractivity contribution in [3.05, 3.63) is 29.1 Å². The maximum Gasteiger partial charge on any atom is 0.353 e. The lowest BCUT2D eigenvalue weighted by molar-refractivity contribution is -0.155. The zero-order valence-electron chi connectivity index (χ0n) is 11.0. The van der Waals surface area contributed by atoms with Crippen LogP contribution in [0.15, 0.2) is 34.2 Å². The van der Waals surface area contributed by atoms with Crippen LogP contribution in [0.3, 0.4) is 0 Å². The number of carbonyl (C=O) groups is 2. The first kappa shape index (κ1) is 14.0. The zero-order chi connectivity index (χ0) is 15.0. The fourth-order valence-electron chi connectivity index (χ4n) is 2.75. The molecular weight excluding hydrogens is 294 g/mol. The van der Waals surface area contributed by atoms with E-state index in [1.807, 2.05) is 0 Å². The van der Waals surface area contributed by atoms with Crippen LogP contribution < -0.4 is 0 Å². The summed E-state index contributed by atoms with van der Waals surface area (Å²) >= 11 is 1.18. The highest BCUT2D eigenvalue weighted by Crippen LogP contribution is 2.47. The fourth-order valence-corrected chi connectivity index (χ4v) is 3.73. The van der Waals surface area contributed by atoms with Crippen LogP contribution in [0.5, 0.6) is 0 Å². The highest BCUT2D eigenvalue weighted by atomic mass is 32.2. The molecule has 1 amide bonds. The Morgan fingerprint density at radius 1 is 1.43 bits per heavy atom. The monoisotopic (exact) mass is 307 g/mol. The summed E-state index contributed by atoms with van der Waals surface area (Å²) in [6.45, 7) is -0.0760. The number of hydrogen-bond donors (Lipinski definition) is 2. The van der Waals surface area contributed by atoms with Crippen LogP contribution in [0.2, 0.25) is 0 Å². The maximum atomic E-state index is 12.0. The lowest BCUT2D eigenvalue weighted by Crippen LogP contribution is -2.58. The third kappa shape index (κ3) is 2.30. The topological polar surface area (TPSA) is 104 Å². The average Bonchev–Trinajstić information content (AvgIpc) is 2.81. The highest BCUT2D eigenvalue weighted by Gasteiger charge is 2.54. The van der Waals surface area contributed by atoms with E-state index in [9.17, 15) is 14.7 Å². The quantitative estimate of drug-likeness (QED) is 0.602. The van der Waals surface area contributed by atoms with Crippen molar-refractivity contribution in [2.45, 2.75) is 24.0 Å². The first-order valence-electron chi connectivity index (χ1n) is 6.48. The number of amides is 1. The van der Waals surface area contributed by atoms with E-state index in [1.165, 1.54) is 16.7 Å². The lowest BCUT2D eigenvalue weighted by atomic mass is 9.85. The van der Waals surface area contributed by atoms with Gasteiger partial charge in [0.2, 0.25) is 5.91 Å². The van der Waals surface area contributed by atoms with Crippen molar-refractivity contribution < 1.29 is 19.8 Å². The number of hydrogen-bond acceptors (Lipinski definition) is 6. The number of aliphatic hydroxyl groups is 1. The molecule has 1 aromatic rings. The van der Waals surface area contributed by atoms with Crippen LogP contribution >= 0.6 is 11.8 Å². The number of carboxylic acid groups (broad SMARTS) is 1. The van der Waals surface area contributed by atoms with E-state index >= 15 is 0 Å². The molecule has 2 atom stereocenters. The molecule has 21 heavy (non-hydrogen) atoms. The third-order valence-corrected chi connectivity index (χ3v) is 4.65. The molecule has 7 nitrogen and oxygen atoms in total. The second-order valence-electron chi connectivity index (χ2n) is 4.81. The Balaban J connectivity index is 1.86. The maximum absolute atomic E-state index is 12.0. The molecule has 1 aromatic heterocycles. The summed E-state index contributed by atoms with van der Waals surface area (Å²) in [5, 5.41) is 18.8. The minimum absolute atomic E-state index is 0.0247. The molecule has 1 fully saturated rings. The van der Waals surface area contributed by atoms with E-state index in [4.69, 9.17) is 5.11 Å². The molecule has 8 heteroatoms. The van der Waals surface area contributed by atoms with Crippen LogP contribution in [0.4, 0.5) is 0 Å². The van der Waals surface area contributed by atoms with Crippen LogP contribution in [0.25, 0.3) is 0 Å². The van der Waals surface area contributed by atoms with Gasteiger partial charge in [0, 0.05) is 30.3 Å². The van der Waals surface area contributed by atoms with Crippen molar-refractivity contribution in [1.82, 2.24) is 14.9 Å². The van der Waals surface area contributed by atoms with E-state index in [2.05, 4.69) is 9.97 Å². The van der Waals surface area contributed by atoms with Crippen LogP contribution in [-0.4, -0.2) is 49.6 Å². The van der Waals surface area contributed by atoms with Gasteiger partial charge < -0.3 is 15.1 Å². The molecular formula is C13H13N3O4S. The normalized spacial score (nSPS) is 24.0. The minimum Gasteiger partial charge on any atom is -0.477 e. The largest absolute Gasteiger partial charge is 0.477 e. The Bertz CT molecular complexity index is 619. The molecule has 2 aliphatic rings. The summed E-state index contributed by atoms with van der Waals surface area (Å²) in [7, 11) is 0. The second kappa shape index (κ2) is 5.45. The summed E-state index contributed by atoms with van der Waals surface area (Å²) in [4.78, 5) is 33.5. The SMILES string of the molecule is O=C(O)C1=C(Sc2ncccn2)CC2C(CCO)C(=O)N12. The van der Waals surface area contributed by atoms with Crippen molar-refractivity contribution in [2.75, 3.05) is 6.61 Å². The first-order valence-corrected chi connectivity index (χ1v) is 7.30. The number of rotatable bonds is 5. The fraction of sp³-hybridized carbons (Fsp3) is 0.385. The molecule has 3 rings (SSSR count). The highest BCUT2D eigenvalue weighted by molar-refractivity contribution is 8.03. The molecule has 0 aliphatic carbocycles. The van der Waals surface area contributed by atoms with Gasteiger partial charge in [0.1, 0.15) is 5.70 Å². The predicted octanol–water partition coefficient (Wildman–Crippen LogP) is 0.478. The van der Waals surface area contributed by atoms with Gasteiger partial charge in [0.25, 0.3) is 0 Å². The van der Waals surface area contributed by atoms with E-state index < -0.39 is 5.97 Å². The molecule has 0 bridgehead atoms. The molecule has 2 unspecified atom stereocenters. The summed E-state index contributed by atoms with van der Waals surface area (Å²) < 4.78 is 0. The first-order chi connectivity index (χ1) is 10.1.